The second kappa shape index (κ2) is 7.80. The zero-order valence-electron chi connectivity index (χ0n) is 15.2. The van der Waals surface area contributed by atoms with E-state index in [0.29, 0.717) is 6.54 Å². The molecule has 6 heteroatoms. The van der Waals surface area contributed by atoms with Gasteiger partial charge in [-0.25, -0.2) is 9.48 Å². The Hall–Kier alpha value is -2.86. The Morgan fingerprint density at radius 2 is 2.07 bits per heavy atom. The number of carbonyl (C=O) groups is 1. The maximum Gasteiger partial charge on any atom is 0.318 e. The molecule has 3 aromatic rings. The number of rotatable bonds is 4. The Bertz CT molecular complexity index is 914. The van der Waals surface area contributed by atoms with Crippen LogP contribution in [0.5, 0.6) is 0 Å². The third kappa shape index (κ3) is 3.95. The quantitative estimate of drug-likeness (QED) is 0.727. The lowest BCUT2D eigenvalue weighted by Gasteiger charge is -2.28. The number of aromatic nitrogens is 2. The molecule has 1 aromatic carbocycles. The van der Waals surface area contributed by atoms with Gasteiger partial charge in [0, 0.05) is 30.4 Å². The molecule has 1 aliphatic heterocycles. The Labute approximate surface area is 162 Å². The van der Waals surface area contributed by atoms with Gasteiger partial charge in [-0.2, -0.15) is 5.10 Å². The summed E-state index contributed by atoms with van der Waals surface area (Å²) < 4.78 is 1.82. The van der Waals surface area contributed by atoms with Crippen molar-refractivity contribution in [2.75, 3.05) is 13.1 Å². The van der Waals surface area contributed by atoms with Crippen molar-refractivity contribution in [1.82, 2.24) is 20.0 Å². The zero-order chi connectivity index (χ0) is 18.6. The maximum atomic E-state index is 12.6. The van der Waals surface area contributed by atoms with Gasteiger partial charge in [-0.15, -0.1) is 11.3 Å². The molecule has 1 aliphatic rings. The molecule has 0 fully saturated rings. The van der Waals surface area contributed by atoms with Crippen molar-refractivity contribution < 1.29 is 4.79 Å². The molecule has 0 saturated heterocycles. The fourth-order valence-electron chi connectivity index (χ4n) is 3.24. The predicted molar refractivity (Wildman–Crippen MR) is 109 cm³/mol. The number of urea groups is 1. The lowest BCUT2D eigenvalue weighted by atomic mass is 10.1. The van der Waals surface area contributed by atoms with Gasteiger partial charge in [-0.3, -0.25) is 0 Å². The van der Waals surface area contributed by atoms with Crippen LogP contribution in [0, 0.1) is 0 Å². The van der Waals surface area contributed by atoms with Crippen LogP contribution in [0.2, 0.25) is 0 Å². The highest BCUT2D eigenvalue weighted by atomic mass is 32.1. The van der Waals surface area contributed by atoms with Crippen molar-refractivity contribution in [3.8, 4) is 5.69 Å². The smallest absolute Gasteiger partial charge is 0.318 e. The number of hydrogen-bond donors (Lipinski definition) is 1. The van der Waals surface area contributed by atoms with Crippen molar-refractivity contribution in [2.24, 2.45) is 0 Å². The van der Waals surface area contributed by atoms with Gasteiger partial charge in [0.25, 0.3) is 0 Å². The molecule has 0 aliphatic carbocycles. The fourth-order valence-corrected chi connectivity index (χ4v) is 4.03. The van der Waals surface area contributed by atoms with Gasteiger partial charge in [0.2, 0.25) is 0 Å². The summed E-state index contributed by atoms with van der Waals surface area (Å²) >= 11 is 1.75. The second-order valence-corrected chi connectivity index (χ2v) is 7.56. The summed E-state index contributed by atoms with van der Waals surface area (Å²) in [5, 5.41) is 9.43. The van der Waals surface area contributed by atoms with Gasteiger partial charge in [0.05, 0.1) is 11.7 Å². The zero-order valence-corrected chi connectivity index (χ0v) is 16.0. The van der Waals surface area contributed by atoms with Crippen molar-refractivity contribution in [1.29, 1.82) is 0 Å². The minimum absolute atomic E-state index is 0.0138. The van der Waals surface area contributed by atoms with Gasteiger partial charge in [-0.1, -0.05) is 24.3 Å². The molecule has 0 spiro atoms. The molecule has 2 aromatic heterocycles. The summed E-state index contributed by atoms with van der Waals surface area (Å²) in [4.78, 5) is 15.8. The minimum atomic E-state index is -0.0492. The maximum absolute atomic E-state index is 12.6. The molecule has 0 radical (unpaired) electrons. The van der Waals surface area contributed by atoms with Crippen LogP contribution in [0.3, 0.4) is 0 Å². The van der Waals surface area contributed by atoms with Crippen LogP contribution >= 0.6 is 11.3 Å². The summed E-state index contributed by atoms with van der Waals surface area (Å²) in [5.74, 6) is 0. The van der Waals surface area contributed by atoms with E-state index in [-0.39, 0.29) is 12.1 Å². The van der Waals surface area contributed by atoms with E-state index in [9.17, 15) is 4.79 Å². The third-order valence-electron chi connectivity index (χ3n) is 4.84. The highest BCUT2D eigenvalue weighted by Gasteiger charge is 2.20. The number of nitrogens with one attached hydrogen (secondary N) is 1. The van der Waals surface area contributed by atoms with Crippen LogP contribution < -0.4 is 5.32 Å². The number of nitrogens with zero attached hydrogens (tertiary/aromatic N) is 3. The first-order valence-corrected chi connectivity index (χ1v) is 9.97. The molecule has 138 valence electrons. The van der Waals surface area contributed by atoms with Crippen LogP contribution in [0.15, 0.2) is 66.3 Å². The highest BCUT2D eigenvalue weighted by Crippen LogP contribution is 2.26. The van der Waals surface area contributed by atoms with Crippen molar-refractivity contribution >= 4 is 22.9 Å². The van der Waals surface area contributed by atoms with E-state index in [0.717, 1.165) is 24.2 Å². The van der Waals surface area contributed by atoms with Crippen molar-refractivity contribution in [3.63, 3.8) is 0 Å². The molecule has 2 amide bonds. The van der Waals surface area contributed by atoms with Gasteiger partial charge in [-0.05, 0) is 54.1 Å². The van der Waals surface area contributed by atoms with E-state index < -0.39 is 0 Å². The van der Waals surface area contributed by atoms with Crippen LogP contribution in [0.25, 0.3) is 11.3 Å². The number of carbonyl (C=O) groups excluding carboxylic acids is 1. The van der Waals surface area contributed by atoms with E-state index >= 15 is 0 Å². The summed E-state index contributed by atoms with van der Waals surface area (Å²) in [7, 11) is 0. The van der Waals surface area contributed by atoms with Gasteiger partial charge in [0.1, 0.15) is 0 Å². The van der Waals surface area contributed by atoms with Crippen LogP contribution in [-0.4, -0.2) is 33.8 Å². The average molecular weight is 379 g/mol. The van der Waals surface area contributed by atoms with E-state index in [2.05, 4.69) is 34.0 Å². The fraction of sp³-hybridized carbons (Fsp3) is 0.238. The number of thiophene rings is 1. The van der Waals surface area contributed by atoms with Crippen molar-refractivity contribution in [3.05, 3.63) is 76.8 Å². The lowest BCUT2D eigenvalue weighted by Crippen LogP contribution is -2.43. The first kappa shape index (κ1) is 17.5. The van der Waals surface area contributed by atoms with Crippen LogP contribution in [0.1, 0.15) is 29.8 Å². The van der Waals surface area contributed by atoms with E-state index in [1.165, 1.54) is 10.5 Å². The Balaban J connectivity index is 1.35. The molecule has 1 N–H and O–H groups in total. The van der Waals surface area contributed by atoms with Gasteiger partial charge in [0.15, 0.2) is 0 Å². The Kier molecular flexibility index (Phi) is 5.07. The average Bonchev–Trinajstić information content (AvgIpc) is 3.42. The number of amides is 2. The molecule has 0 bridgehead atoms. The summed E-state index contributed by atoms with van der Waals surface area (Å²) in [6.07, 6.45) is 6.74. The first-order valence-electron chi connectivity index (χ1n) is 9.09. The molecule has 1 unspecified atom stereocenters. The largest absolute Gasteiger partial charge is 0.331 e. The van der Waals surface area contributed by atoms with E-state index in [4.69, 9.17) is 0 Å². The predicted octanol–water partition coefficient (Wildman–Crippen LogP) is 4.49. The normalized spacial score (nSPS) is 15.3. The second-order valence-electron chi connectivity index (χ2n) is 6.62. The topological polar surface area (TPSA) is 50.2 Å². The summed E-state index contributed by atoms with van der Waals surface area (Å²) in [5.41, 5.74) is 3.42. The Morgan fingerprint density at radius 3 is 2.70 bits per heavy atom. The first-order chi connectivity index (χ1) is 13.2. The summed E-state index contributed by atoms with van der Waals surface area (Å²) in [6, 6.07) is 14.1. The SMILES string of the molecule is CC(NC(=O)N1CC=C(c2cccs2)CC1)c1ccc(-n2cccn2)cc1. The third-order valence-corrected chi connectivity index (χ3v) is 5.78. The van der Waals surface area contributed by atoms with E-state index in [1.807, 2.05) is 53.0 Å². The van der Waals surface area contributed by atoms with Crippen LogP contribution in [-0.2, 0) is 0 Å². The molecular weight excluding hydrogens is 356 g/mol. The molecule has 5 nitrogen and oxygen atoms in total. The minimum Gasteiger partial charge on any atom is -0.331 e. The lowest BCUT2D eigenvalue weighted by molar-refractivity contribution is 0.200. The molecule has 1 atom stereocenters. The summed E-state index contributed by atoms with van der Waals surface area (Å²) in [6.45, 7) is 3.42. The monoisotopic (exact) mass is 378 g/mol. The number of hydrogen-bond acceptors (Lipinski definition) is 3. The van der Waals surface area contributed by atoms with E-state index in [1.54, 1.807) is 17.5 Å². The molecule has 0 saturated carbocycles. The highest BCUT2D eigenvalue weighted by molar-refractivity contribution is 7.11. The Morgan fingerprint density at radius 1 is 1.22 bits per heavy atom. The van der Waals surface area contributed by atoms with Crippen molar-refractivity contribution in [2.45, 2.75) is 19.4 Å². The molecule has 3 heterocycles. The standard InChI is InChI=1S/C21H22N4OS/c1-16(17-5-7-19(8-6-17)25-12-3-11-22-25)23-21(26)24-13-9-18(10-14-24)20-4-2-15-27-20/h2-9,11-12,15-16H,10,13-14H2,1H3,(H,23,26). The molecule has 4 rings (SSSR count). The van der Waals surface area contributed by atoms with Gasteiger partial charge >= 0.3 is 6.03 Å². The number of benzene rings is 1. The van der Waals surface area contributed by atoms with Crippen LogP contribution in [0.4, 0.5) is 4.79 Å². The molecule has 27 heavy (non-hydrogen) atoms. The van der Waals surface area contributed by atoms with Gasteiger partial charge < -0.3 is 10.2 Å². The molecular formula is C21H22N4OS.